The predicted molar refractivity (Wildman–Crippen MR) is 66.4 cm³/mol. The fourth-order valence-electron chi connectivity index (χ4n) is 1.77. The summed E-state index contributed by atoms with van der Waals surface area (Å²) in [5.74, 6) is -0.471. The van der Waals surface area contributed by atoms with Gasteiger partial charge < -0.3 is 9.84 Å². The summed E-state index contributed by atoms with van der Waals surface area (Å²) in [6, 6.07) is 0. The topological polar surface area (TPSA) is 92.7 Å². The molecule has 0 unspecified atom stereocenters. The summed E-state index contributed by atoms with van der Waals surface area (Å²) in [4.78, 5) is 10.8. The molecule has 1 aliphatic rings. The van der Waals surface area contributed by atoms with Crippen LogP contribution in [0.3, 0.4) is 0 Å². The van der Waals surface area contributed by atoms with Gasteiger partial charge in [-0.05, 0) is 31.1 Å². The number of sulfonamides is 1. The van der Waals surface area contributed by atoms with E-state index in [9.17, 15) is 13.2 Å². The molecule has 0 aliphatic heterocycles. The summed E-state index contributed by atoms with van der Waals surface area (Å²) < 4.78 is 30.3. The van der Waals surface area contributed by atoms with E-state index in [0.29, 0.717) is 13.0 Å². The summed E-state index contributed by atoms with van der Waals surface area (Å²) >= 11 is 0. The lowest BCUT2D eigenvalue weighted by molar-refractivity contribution is -0.140. The number of hydrogen-bond donors (Lipinski definition) is 2. The monoisotopic (exact) mass is 279 g/mol. The van der Waals surface area contributed by atoms with Gasteiger partial charge in [0, 0.05) is 19.6 Å². The minimum atomic E-state index is -3.34. The molecule has 1 rings (SSSR count). The molecule has 2 N–H and O–H groups in total. The van der Waals surface area contributed by atoms with Crippen molar-refractivity contribution in [3.05, 3.63) is 0 Å². The Morgan fingerprint density at radius 2 is 2.11 bits per heavy atom. The Kier molecular flexibility index (Phi) is 5.55. The number of methoxy groups -OCH3 is 1. The highest BCUT2D eigenvalue weighted by molar-refractivity contribution is 7.89. The maximum atomic E-state index is 11.7. The van der Waals surface area contributed by atoms with Crippen LogP contribution in [0.4, 0.5) is 0 Å². The predicted octanol–water partition coefficient (Wildman–Crippen LogP) is 0.0216. The van der Waals surface area contributed by atoms with E-state index in [1.807, 2.05) is 0 Å². The van der Waals surface area contributed by atoms with E-state index >= 15 is 0 Å². The lowest BCUT2D eigenvalue weighted by Crippen LogP contribution is -2.32. The number of nitrogens with one attached hydrogen (secondary N) is 1. The average molecular weight is 279 g/mol. The number of hydrogen-bond acceptors (Lipinski definition) is 5. The Labute approximate surface area is 108 Å². The normalized spacial score (nSPS) is 17.4. The second kappa shape index (κ2) is 6.49. The maximum absolute atomic E-state index is 11.7. The van der Waals surface area contributed by atoms with Crippen LogP contribution in [0.2, 0.25) is 0 Å². The molecular formula is C11H21NO5S. The minimum Gasteiger partial charge on any atom is -0.469 e. The van der Waals surface area contributed by atoms with Gasteiger partial charge in [-0.1, -0.05) is 0 Å². The zero-order valence-corrected chi connectivity index (χ0v) is 11.5. The van der Waals surface area contributed by atoms with Gasteiger partial charge in [0.1, 0.15) is 0 Å². The number of aliphatic hydroxyl groups excluding tert-OH is 1. The zero-order valence-electron chi connectivity index (χ0n) is 10.6. The number of carbonyl (C=O) groups is 1. The van der Waals surface area contributed by atoms with Crippen molar-refractivity contribution in [1.82, 2.24) is 4.72 Å². The van der Waals surface area contributed by atoms with E-state index in [1.54, 1.807) is 0 Å². The van der Waals surface area contributed by atoms with Crippen LogP contribution >= 0.6 is 0 Å². The van der Waals surface area contributed by atoms with Crippen LogP contribution < -0.4 is 4.72 Å². The number of rotatable bonds is 9. The largest absolute Gasteiger partial charge is 0.469 e. The van der Waals surface area contributed by atoms with Crippen molar-refractivity contribution in [2.75, 3.05) is 26.0 Å². The van der Waals surface area contributed by atoms with Gasteiger partial charge >= 0.3 is 5.97 Å². The Hall–Kier alpha value is -0.660. The number of aliphatic hydroxyl groups is 1. The lowest BCUT2D eigenvalue weighted by atomic mass is 10.0. The van der Waals surface area contributed by atoms with Crippen molar-refractivity contribution >= 4 is 16.0 Å². The molecule has 0 amide bonds. The Balaban J connectivity index is 2.25. The Bertz CT molecular complexity index is 375. The fraction of sp³-hybridized carbons (Fsp3) is 0.909. The summed E-state index contributed by atoms with van der Waals surface area (Å²) in [5.41, 5.74) is -0.0375. The SMILES string of the molecule is COC(=O)CCCS(=O)(=O)NCC1(CCO)CC1. The van der Waals surface area contributed by atoms with Crippen molar-refractivity contribution < 1.29 is 23.1 Å². The maximum Gasteiger partial charge on any atom is 0.305 e. The molecule has 0 bridgehead atoms. The molecular weight excluding hydrogens is 258 g/mol. The highest BCUT2D eigenvalue weighted by Gasteiger charge is 2.42. The third kappa shape index (κ3) is 5.32. The van der Waals surface area contributed by atoms with Crippen molar-refractivity contribution in [2.45, 2.75) is 32.1 Å². The van der Waals surface area contributed by atoms with E-state index in [-0.39, 0.29) is 30.6 Å². The molecule has 0 atom stereocenters. The summed E-state index contributed by atoms with van der Waals surface area (Å²) in [6.07, 6.45) is 2.92. The molecule has 1 aliphatic carbocycles. The van der Waals surface area contributed by atoms with Crippen molar-refractivity contribution in [3.8, 4) is 0 Å². The van der Waals surface area contributed by atoms with Crippen LogP contribution in [0.1, 0.15) is 32.1 Å². The van der Waals surface area contributed by atoms with Crippen LogP contribution in [0.5, 0.6) is 0 Å². The van der Waals surface area contributed by atoms with E-state index < -0.39 is 16.0 Å². The van der Waals surface area contributed by atoms with Gasteiger partial charge in [-0.15, -0.1) is 0 Å². The molecule has 18 heavy (non-hydrogen) atoms. The standard InChI is InChI=1S/C11H21NO5S/c1-17-10(14)3-2-8-18(15,16)12-9-11(4-5-11)6-7-13/h12-13H,2-9H2,1H3. The van der Waals surface area contributed by atoms with Gasteiger partial charge in [0.2, 0.25) is 10.0 Å². The first kappa shape index (κ1) is 15.4. The number of ether oxygens (including phenoxy) is 1. The number of carbonyl (C=O) groups excluding carboxylic acids is 1. The summed E-state index contributed by atoms with van der Waals surface area (Å²) in [6.45, 7) is 0.470. The third-order valence-electron chi connectivity index (χ3n) is 3.29. The van der Waals surface area contributed by atoms with Gasteiger partial charge in [0.25, 0.3) is 0 Å². The molecule has 0 aromatic rings. The van der Waals surface area contributed by atoms with E-state index in [4.69, 9.17) is 5.11 Å². The smallest absolute Gasteiger partial charge is 0.305 e. The molecule has 1 saturated carbocycles. The van der Waals surface area contributed by atoms with E-state index in [0.717, 1.165) is 12.8 Å². The second-order valence-electron chi connectivity index (χ2n) is 4.79. The fourth-order valence-corrected chi connectivity index (χ4v) is 2.97. The highest BCUT2D eigenvalue weighted by atomic mass is 32.2. The molecule has 0 aromatic heterocycles. The molecule has 6 nitrogen and oxygen atoms in total. The van der Waals surface area contributed by atoms with Crippen LogP contribution in [-0.4, -0.2) is 45.5 Å². The molecule has 1 fully saturated rings. The average Bonchev–Trinajstić information content (AvgIpc) is 3.07. The molecule has 0 radical (unpaired) electrons. The Morgan fingerprint density at radius 3 is 2.61 bits per heavy atom. The molecule has 0 heterocycles. The Morgan fingerprint density at radius 1 is 1.44 bits per heavy atom. The minimum absolute atomic E-state index is 0.0375. The van der Waals surface area contributed by atoms with Gasteiger partial charge in [-0.3, -0.25) is 4.79 Å². The summed E-state index contributed by atoms with van der Waals surface area (Å²) in [5, 5.41) is 8.87. The first-order valence-corrected chi connectivity index (χ1v) is 7.73. The highest BCUT2D eigenvalue weighted by Crippen LogP contribution is 2.47. The van der Waals surface area contributed by atoms with Gasteiger partial charge in [-0.2, -0.15) is 0 Å². The first-order chi connectivity index (χ1) is 8.43. The molecule has 0 saturated heterocycles. The third-order valence-corrected chi connectivity index (χ3v) is 4.70. The van der Waals surface area contributed by atoms with Crippen LogP contribution in [0.25, 0.3) is 0 Å². The first-order valence-electron chi connectivity index (χ1n) is 6.08. The lowest BCUT2D eigenvalue weighted by Gasteiger charge is -2.14. The van der Waals surface area contributed by atoms with Gasteiger partial charge in [0.15, 0.2) is 0 Å². The molecule has 0 aromatic carbocycles. The molecule has 7 heteroatoms. The van der Waals surface area contributed by atoms with Crippen LogP contribution in [0.15, 0.2) is 0 Å². The van der Waals surface area contributed by atoms with Crippen LogP contribution in [-0.2, 0) is 19.6 Å². The number of esters is 1. The van der Waals surface area contributed by atoms with Crippen LogP contribution in [0, 0.1) is 5.41 Å². The van der Waals surface area contributed by atoms with Crippen molar-refractivity contribution in [1.29, 1.82) is 0 Å². The quantitative estimate of drug-likeness (QED) is 0.581. The molecule has 0 spiro atoms. The van der Waals surface area contributed by atoms with E-state index in [2.05, 4.69) is 9.46 Å². The van der Waals surface area contributed by atoms with Crippen molar-refractivity contribution in [2.24, 2.45) is 5.41 Å². The molecule has 106 valence electrons. The van der Waals surface area contributed by atoms with E-state index in [1.165, 1.54) is 7.11 Å². The van der Waals surface area contributed by atoms with Gasteiger partial charge in [0.05, 0.1) is 12.9 Å². The van der Waals surface area contributed by atoms with Gasteiger partial charge in [-0.25, -0.2) is 13.1 Å². The van der Waals surface area contributed by atoms with Crippen molar-refractivity contribution in [3.63, 3.8) is 0 Å². The second-order valence-corrected chi connectivity index (χ2v) is 6.72. The zero-order chi connectivity index (χ0) is 13.6. The summed E-state index contributed by atoms with van der Waals surface area (Å²) in [7, 11) is -2.06.